The molecule has 1 aliphatic heterocycles. The van der Waals surface area contributed by atoms with Gasteiger partial charge in [0, 0.05) is 18.0 Å². The van der Waals surface area contributed by atoms with Crippen molar-refractivity contribution >= 4 is 17.2 Å². The van der Waals surface area contributed by atoms with E-state index in [0.717, 1.165) is 37.2 Å². The van der Waals surface area contributed by atoms with Gasteiger partial charge in [0.25, 0.3) is 5.91 Å². The second-order valence-electron chi connectivity index (χ2n) is 5.04. The van der Waals surface area contributed by atoms with Gasteiger partial charge in [-0.25, -0.2) is 9.67 Å². The van der Waals surface area contributed by atoms with Crippen LogP contribution in [0.15, 0.2) is 24.8 Å². The van der Waals surface area contributed by atoms with Gasteiger partial charge in [-0.05, 0) is 31.4 Å². The number of hydrogen-bond acceptors (Lipinski definition) is 4. The lowest BCUT2D eigenvalue weighted by molar-refractivity contribution is 0.0677. The van der Waals surface area contributed by atoms with Crippen LogP contribution in [0.2, 0.25) is 0 Å². The maximum Gasteiger partial charge on any atom is 0.263 e. The molecule has 0 aromatic carbocycles. The molecule has 1 amide bonds. The Morgan fingerprint density at radius 2 is 2.40 bits per heavy atom. The first-order valence-corrected chi connectivity index (χ1v) is 7.81. The summed E-state index contributed by atoms with van der Waals surface area (Å²) in [7, 11) is 0. The quantitative estimate of drug-likeness (QED) is 0.872. The fourth-order valence-electron chi connectivity index (χ4n) is 2.60. The summed E-state index contributed by atoms with van der Waals surface area (Å²) in [5.74, 6) is 0.152. The van der Waals surface area contributed by atoms with Gasteiger partial charge in [-0.1, -0.05) is 6.92 Å². The van der Waals surface area contributed by atoms with E-state index in [1.54, 1.807) is 24.0 Å². The predicted molar refractivity (Wildman–Crippen MR) is 77.9 cm³/mol. The number of piperidine rings is 1. The lowest BCUT2D eigenvalue weighted by atomic mass is 10.1. The standard InChI is InChI=1S/C14H18N4OS/c1-2-12-5-6-13(20-12)14(19)17-7-3-4-11(8-17)18-10-15-9-16-18/h5-6,9-11H,2-4,7-8H2,1H3/t11-/m1/s1. The first-order chi connectivity index (χ1) is 9.78. The minimum Gasteiger partial charge on any atom is -0.336 e. The molecule has 1 fully saturated rings. The van der Waals surface area contributed by atoms with Crippen molar-refractivity contribution in [2.45, 2.75) is 32.2 Å². The van der Waals surface area contributed by atoms with Crippen LogP contribution in [0, 0.1) is 0 Å². The van der Waals surface area contributed by atoms with E-state index < -0.39 is 0 Å². The molecule has 0 spiro atoms. The number of thiophene rings is 1. The molecular formula is C14H18N4OS. The second-order valence-corrected chi connectivity index (χ2v) is 6.21. The topological polar surface area (TPSA) is 51.0 Å². The fourth-order valence-corrected chi connectivity index (χ4v) is 3.52. The van der Waals surface area contributed by atoms with Crippen molar-refractivity contribution in [3.05, 3.63) is 34.5 Å². The third-order valence-electron chi connectivity index (χ3n) is 3.72. The molecule has 0 aliphatic carbocycles. The Morgan fingerprint density at radius 1 is 1.50 bits per heavy atom. The van der Waals surface area contributed by atoms with E-state index in [1.807, 2.05) is 15.6 Å². The van der Waals surface area contributed by atoms with Gasteiger partial charge < -0.3 is 4.90 Å². The predicted octanol–water partition coefficient (Wildman–Crippen LogP) is 2.38. The minimum absolute atomic E-state index is 0.152. The zero-order valence-electron chi connectivity index (χ0n) is 11.5. The van der Waals surface area contributed by atoms with Crippen molar-refractivity contribution in [2.24, 2.45) is 0 Å². The summed E-state index contributed by atoms with van der Waals surface area (Å²) in [6.45, 7) is 3.67. The van der Waals surface area contributed by atoms with Crippen molar-refractivity contribution in [1.82, 2.24) is 19.7 Å². The van der Waals surface area contributed by atoms with Crippen LogP contribution in [0.3, 0.4) is 0 Å². The highest BCUT2D eigenvalue weighted by Gasteiger charge is 2.26. The molecular weight excluding hydrogens is 272 g/mol. The number of hydrogen-bond donors (Lipinski definition) is 0. The molecule has 1 aliphatic rings. The van der Waals surface area contributed by atoms with Crippen LogP contribution in [0.5, 0.6) is 0 Å². The molecule has 5 nitrogen and oxygen atoms in total. The van der Waals surface area contributed by atoms with Crippen molar-refractivity contribution in [1.29, 1.82) is 0 Å². The Bertz CT molecular complexity index is 578. The fraction of sp³-hybridized carbons (Fsp3) is 0.500. The van der Waals surface area contributed by atoms with E-state index in [1.165, 1.54) is 4.88 Å². The molecule has 2 aromatic heterocycles. The molecule has 20 heavy (non-hydrogen) atoms. The molecule has 1 atom stereocenters. The number of aryl methyl sites for hydroxylation is 1. The largest absolute Gasteiger partial charge is 0.336 e. The van der Waals surface area contributed by atoms with Crippen molar-refractivity contribution in [2.75, 3.05) is 13.1 Å². The van der Waals surface area contributed by atoms with Crippen LogP contribution in [-0.2, 0) is 6.42 Å². The van der Waals surface area contributed by atoms with E-state index in [0.29, 0.717) is 0 Å². The first-order valence-electron chi connectivity index (χ1n) is 7.00. The highest BCUT2D eigenvalue weighted by molar-refractivity contribution is 7.14. The summed E-state index contributed by atoms with van der Waals surface area (Å²) >= 11 is 1.61. The molecule has 3 rings (SSSR count). The van der Waals surface area contributed by atoms with E-state index in [-0.39, 0.29) is 11.9 Å². The Hall–Kier alpha value is -1.69. The monoisotopic (exact) mass is 290 g/mol. The highest BCUT2D eigenvalue weighted by Crippen LogP contribution is 2.24. The maximum absolute atomic E-state index is 12.5. The van der Waals surface area contributed by atoms with Crippen molar-refractivity contribution in [3.8, 4) is 0 Å². The number of carbonyl (C=O) groups excluding carboxylic acids is 1. The van der Waals surface area contributed by atoms with Gasteiger partial charge in [-0.2, -0.15) is 5.10 Å². The van der Waals surface area contributed by atoms with Crippen LogP contribution >= 0.6 is 11.3 Å². The van der Waals surface area contributed by atoms with Gasteiger partial charge in [0.1, 0.15) is 12.7 Å². The van der Waals surface area contributed by atoms with Crippen molar-refractivity contribution < 1.29 is 4.79 Å². The van der Waals surface area contributed by atoms with Gasteiger partial charge in [-0.15, -0.1) is 11.3 Å². The maximum atomic E-state index is 12.5. The summed E-state index contributed by atoms with van der Waals surface area (Å²) < 4.78 is 1.87. The van der Waals surface area contributed by atoms with Crippen LogP contribution < -0.4 is 0 Å². The van der Waals surface area contributed by atoms with Gasteiger partial charge in [0.05, 0.1) is 10.9 Å². The molecule has 1 saturated heterocycles. The molecule has 0 radical (unpaired) electrons. The number of nitrogens with zero attached hydrogens (tertiary/aromatic N) is 4. The lowest BCUT2D eigenvalue weighted by Gasteiger charge is -2.32. The Labute approximate surface area is 122 Å². The summed E-state index contributed by atoms with van der Waals surface area (Å²) in [4.78, 5) is 20.6. The minimum atomic E-state index is 0.152. The van der Waals surface area contributed by atoms with Gasteiger partial charge in [-0.3, -0.25) is 4.79 Å². The highest BCUT2D eigenvalue weighted by atomic mass is 32.1. The lowest BCUT2D eigenvalue weighted by Crippen LogP contribution is -2.40. The second kappa shape index (κ2) is 5.75. The zero-order valence-corrected chi connectivity index (χ0v) is 12.3. The number of rotatable bonds is 3. The zero-order chi connectivity index (χ0) is 13.9. The van der Waals surface area contributed by atoms with E-state index in [4.69, 9.17) is 0 Å². The summed E-state index contributed by atoms with van der Waals surface area (Å²) in [6, 6.07) is 4.25. The molecule has 3 heterocycles. The smallest absolute Gasteiger partial charge is 0.263 e. The van der Waals surface area contributed by atoms with Crippen LogP contribution in [0.1, 0.15) is 40.4 Å². The van der Waals surface area contributed by atoms with Gasteiger partial charge in [0.15, 0.2) is 0 Å². The molecule has 0 unspecified atom stereocenters. The van der Waals surface area contributed by atoms with Gasteiger partial charge >= 0.3 is 0 Å². The third kappa shape index (κ3) is 2.60. The molecule has 0 N–H and O–H groups in total. The third-order valence-corrected chi connectivity index (χ3v) is 4.93. The van der Waals surface area contributed by atoms with E-state index in [9.17, 15) is 4.79 Å². The number of aromatic nitrogens is 3. The Kier molecular flexibility index (Phi) is 3.82. The first kappa shape index (κ1) is 13.3. The Morgan fingerprint density at radius 3 is 3.10 bits per heavy atom. The van der Waals surface area contributed by atoms with Crippen LogP contribution in [0.4, 0.5) is 0 Å². The summed E-state index contributed by atoms with van der Waals surface area (Å²) in [5, 5.41) is 4.19. The molecule has 6 heteroatoms. The van der Waals surface area contributed by atoms with Crippen LogP contribution in [-0.4, -0.2) is 38.7 Å². The Balaban J connectivity index is 1.71. The molecule has 0 saturated carbocycles. The molecule has 106 valence electrons. The normalized spacial score (nSPS) is 19.2. The van der Waals surface area contributed by atoms with E-state index in [2.05, 4.69) is 23.1 Å². The number of likely N-dealkylation sites (tertiary alicyclic amines) is 1. The number of amides is 1. The molecule has 2 aromatic rings. The van der Waals surface area contributed by atoms with Crippen molar-refractivity contribution in [3.63, 3.8) is 0 Å². The average molecular weight is 290 g/mol. The van der Waals surface area contributed by atoms with Gasteiger partial charge in [0.2, 0.25) is 0 Å². The SMILES string of the molecule is CCc1ccc(C(=O)N2CCC[C@@H](n3cncn3)C2)s1. The summed E-state index contributed by atoms with van der Waals surface area (Å²) in [5.41, 5.74) is 0. The summed E-state index contributed by atoms with van der Waals surface area (Å²) in [6.07, 6.45) is 6.34. The average Bonchev–Trinajstić information content (AvgIpc) is 3.17. The van der Waals surface area contributed by atoms with Crippen LogP contribution in [0.25, 0.3) is 0 Å². The number of carbonyl (C=O) groups is 1. The van der Waals surface area contributed by atoms with E-state index >= 15 is 0 Å². The molecule has 0 bridgehead atoms.